The predicted molar refractivity (Wildman–Crippen MR) is 66.9 cm³/mol. The summed E-state index contributed by atoms with van der Waals surface area (Å²) >= 11 is 0. The summed E-state index contributed by atoms with van der Waals surface area (Å²) in [5.74, 6) is 0.208. The molecular formula is C12H10N6. The molecule has 0 aromatic carbocycles. The van der Waals surface area contributed by atoms with Crippen LogP contribution in [0.25, 0.3) is 16.7 Å². The Hall–Kier alpha value is -2.68. The van der Waals surface area contributed by atoms with Crippen LogP contribution in [0.5, 0.6) is 0 Å². The Kier molecular flexibility index (Phi) is 1.98. The van der Waals surface area contributed by atoms with Gasteiger partial charge in [-0.15, -0.1) is 0 Å². The van der Waals surface area contributed by atoms with Crippen LogP contribution in [-0.2, 0) is 0 Å². The van der Waals surface area contributed by atoms with E-state index < -0.39 is 0 Å². The number of nitriles is 1. The van der Waals surface area contributed by atoms with E-state index in [2.05, 4.69) is 21.0 Å². The fraction of sp³-hybridized carbons (Fsp3) is 0.167. The quantitative estimate of drug-likeness (QED) is 0.638. The normalized spacial score (nSPS) is 10.9. The van der Waals surface area contributed by atoms with E-state index in [1.807, 2.05) is 20.0 Å². The molecule has 18 heavy (non-hydrogen) atoms. The zero-order valence-corrected chi connectivity index (χ0v) is 9.97. The van der Waals surface area contributed by atoms with Gasteiger partial charge in [-0.1, -0.05) is 0 Å². The second-order valence-electron chi connectivity index (χ2n) is 4.15. The van der Waals surface area contributed by atoms with Crippen molar-refractivity contribution < 1.29 is 0 Å². The summed E-state index contributed by atoms with van der Waals surface area (Å²) in [5.41, 5.74) is 9.11. The molecule has 6 nitrogen and oxygen atoms in total. The molecule has 0 saturated heterocycles. The van der Waals surface area contributed by atoms with Gasteiger partial charge in [0, 0.05) is 17.8 Å². The van der Waals surface area contributed by atoms with E-state index in [0.29, 0.717) is 16.9 Å². The largest absolute Gasteiger partial charge is 0.368 e. The molecule has 3 heterocycles. The van der Waals surface area contributed by atoms with Gasteiger partial charge >= 0.3 is 0 Å². The van der Waals surface area contributed by atoms with Gasteiger partial charge in [0.1, 0.15) is 6.07 Å². The number of aryl methyl sites for hydroxylation is 2. The van der Waals surface area contributed by atoms with Gasteiger partial charge in [-0.05, 0) is 19.4 Å². The summed E-state index contributed by atoms with van der Waals surface area (Å²) < 4.78 is 1.79. The first-order valence-electron chi connectivity index (χ1n) is 5.42. The van der Waals surface area contributed by atoms with E-state index in [1.165, 1.54) is 0 Å². The highest BCUT2D eigenvalue weighted by atomic mass is 15.1. The van der Waals surface area contributed by atoms with Crippen molar-refractivity contribution in [3.63, 3.8) is 0 Å². The predicted octanol–water partition coefficient (Wildman–Crippen LogP) is 1.35. The van der Waals surface area contributed by atoms with Crippen molar-refractivity contribution in [3.05, 3.63) is 29.2 Å². The van der Waals surface area contributed by atoms with Crippen molar-refractivity contribution in [3.8, 4) is 6.07 Å². The van der Waals surface area contributed by atoms with Crippen LogP contribution in [0.1, 0.15) is 16.8 Å². The third-order valence-corrected chi connectivity index (χ3v) is 2.96. The highest BCUT2D eigenvalue weighted by Gasteiger charge is 2.14. The van der Waals surface area contributed by atoms with Crippen LogP contribution in [-0.4, -0.2) is 19.4 Å². The zero-order chi connectivity index (χ0) is 12.9. The number of nitrogens with two attached hydrogens (primary N) is 1. The number of pyridine rings is 1. The van der Waals surface area contributed by atoms with Crippen LogP contribution >= 0.6 is 0 Å². The first-order chi connectivity index (χ1) is 8.61. The minimum atomic E-state index is 0.208. The van der Waals surface area contributed by atoms with Gasteiger partial charge in [0.05, 0.1) is 11.3 Å². The molecule has 0 saturated carbocycles. The van der Waals surface area contributed by atoms with Crippen molar-refractivity contribution in [2.45, 2.75) is 13.8 Å². The Morgan fingerprint density at radius 3 is 2.78 bits per heavy atom. The molecule has 0 spiro atoms. The highest BCUT2D eigenvalue weighted by molar-refractivity contribution is 5.86. The first kappa shape index (κ1) is 10.5. The van der Waals surface area contributed by atoms with Crippen LogP contribution in [0.15, 0.2) is 12.4 Å². The Morgan fingerprint density at radius 2 is 2.06 bits per heavy atom. The molecule has 0 atom stereocenters. The molecule has 0 bridgehead atoms. The highest BCUT2D eigenvalue weighted by Crippen LogP contribution is 2.24. The standard InChI is InChI=1S/C12H10N6/c1-6-5-18-10(16-6)8(3-13)7(2)9-4-15-12(14)17-11(9)18/h4-5H,1-2H3,(H2,14,15,17). The van der Waals surface area contributed by atoms with Crippen LogP contribution in [0.3, 0.4) is 0 Å². The average Bonchev–Trinajstić information content (AvgIpc) is 2.71. The van der Waals surface area contributed by atoms with Crippen molar-refractivity contribution >= 4 is 22.6 Å². The van der Waals surface area contributed by atoms with Crippen LogP contribution < -0.4 is 5.73 Å². The van der Waals surface area contributed by atoms with Gasteiger partial charge in [0.15, 0.2) is 11.3 Å². The van der Waals surface area contributed by atoms with Crippen molar-refractivity contribution in [1.29, 1.82) is 5.26 Å². The van der Waals surface area contributed by atoms with E-state index in [1.54, 1.807) is 10.6 Å². The summed E-state index contributed by atoms with van der Waals surface area (Å²) in [5, 5.41) is 10.1. The van der Waals surface area contributed by atoms with E-state index in [4.69, 9.17) is 5.73 Å². The summed E-state index contributed by atoms with van der Waals surface area (Å²) in [6, 6.07) is 2.19. The smallest absolute Gasteiger partial charge is 0.221 e. The molecule has 0 aliphatic rings. The van der Waals surface area contributed by atoms with Gasteiger partial charge < -0.3 is 5.73 Å². The molecule has 3 rings (SSSR count). The van der Waals surface area contributed by atoms with Gasteiger partial charge in [-0.3, -0.25) is 4.40 Å². The molecule has 0 amide bonds. The number of hydrogen-bond donors (Lipinski definition) is 1. The monoisotopic (exact) mass is 238 g/mol. The lowest BCUT2D eigenvalue weighted by atomic mass is 10.1. The molecule has 0 unspecified atom stereocenters. The Balaban J connectivity index is 2.67. The topological polar surface area (TPSA) is 92.9 Å². The van der Waals surface area contributed by atoms with Crippen molar-refractivity contribution in [1.82, 2.24) is 19.4 Å². The number of anilines is 1. The Morgan fingerprint density at radius 1 is 1.28 bits per heavy atom. The van der Waals surface area contributed by atoms with Crippen molar-refractivity contribution in [2.75, 3.05) is 5.73 Å². The number of fused-ring (bicyclic) bond motifs is 3. The molecular weight excluding hydrogens is 228 g/mol. The maximum absolute atomic E-state index is 9.27. The fourth-order valence-electron chi connectivity index (χ4n) is 2.11. The summed E-state index contributed by atoms with van der Waals surface area (Å²) in [6.45, 7) is 3.74. The lowest BCUT2D eigenvalue weighted by molar-refractivity contribution is 1.13. The molecule has 0 aliphatic heterocycles. The fourth-order valence-corrected chi connectivity index (χ4v) is 2.11. The number of aromatic nitrogens is 4. The van der Waals surface area contributed by atoms with Gasteiger partial charge in [-0.25, -0.2) is 9.97 Å². The molecule has 0 fully saturated rings. The van der Waals surface area contributed by atoms with E-state index in [9.17, 15) is 5.26 Å². The number of nitrogen functional groups attached to an aromatic ring is 1. The molecule has 0 radical (unpaired) electrons. The molecule has 88 valence electrons. The third-order valence-electron chi connectivity index (χ3n) is 2.96. The minimum absolute atomic E-state index is 0.208. The van der Waals surface area contributed by atoms with Crippen LogP contribution in [0.2, 0.25) is 0 Å². The second-order valence-corrected chi connectivity index (χ2v) is 4.15. The van der Waals surface area contributed by atoms with Gasteiger partial charge in [0.2, 0.25) is 5.95 Å². The number of nitrogens with zero attached hydrogens (tertiary/aromatic N) is 5. The molecule has 6 heteroatoms. The molecule has 3 aromatic heterocycles. The molecule has 3 aromatic rings. The number of imidazole rings is 1. The number of hydrogen-bond acceptors (Lipinski definition) is 5. The maximum Gasteiger partial charge on any atom is 0.221 e. The van der Waals surface area contributed by atoms with Gasteiger partial charge in [-0.2, -0.15) is 10.2 Å². The van der Waals surface area contributed by atoms with Gasteiger partial charge in [0.25, 0.3) is 0 Å². The van der Waals surface area contributed by atoms with E-state index in [-0.39, 0.29) is 5.95 Å². The Labute approximate surface area is 103 Å². The molecule has 0 aliphatic carbocycles. The number of rotatable bonds is 0. The van der Waals surface area contributed by atoms with E-state index in [0.717, 1.165) is 16.6 Å². The lowest BCUT2D eigenvalue weighted by Gasteiger charge is -2.07. The van der Waals surface area contributed by atoms with Crippen molar-refractivity contribution in [2.24, 2.45) is 0 Å². The summed E-state index contributed by atoms with van der Waals surface area (Å²) in [7, 11) is 0. The third kappa shape index (κ3) is 1.24. The van der Waals surface area contributed by atoms with E-state index >= 15 is 0 Å². The lowest BCUT2D eigenvalue weighted by Crippen LogP contribution is -2.02. The second kappa shape index (κ2) is 3.40. The Bertz CT molecular complexity index is 824. The molecule has 2 N–H and O–H groups in total. The summed E-state index contributed by atoms with van der Waals surface area (Å²) in [6.07, 6.45) is 3.48. The summed E-state index contributed by atoms with van der Waals surface area (Å²) in [4.78, 5) is 12.6. The zero-order valence-electron chi connectivity index (χ0n) is 9.97. The SMILES string of the molecule is Cc1cn2c(n1)c(C#N)c(C)c1cnc(N)nc12. The first-order valence-corrected chi connectivity index (χ1v) is 5.42. The average molecular weight is 238 g/mol. The minimum Gasteiger partial charge on any atom is -0.368 e. The van der Waals surface area contributed by atoms with Crippen LogP contribution in [0, 0.1) is 25.2 Å². The van der Waals surface area contributed by atoms with Crippen LogP contribution in [0.4, 0.5) is 5.95 Å². The maximum atomic E-state index is 9.27.